The van der Waals surface area contributed by atoms with Crippen molar-refractivity contribution in [2.75, 3.05) is 26.4 Å². The largest absolute Gasteiger partial charge is 0.465 e. The zero-order valence-electron chi connectivity index (χ0n) is 10.9. The van der Waals surface area contributed by atoms with E-state index in [9.17, 15) is 0 Å². The van der Waals surface area contributed by atoms with Gasteiger partial charge in [0.15, 0.2) is 0 Å². The van der Waals surface area contributed by atoms with Crippen LogP contribution in [0, 0.1) is 6.92 Å². The average molecular weight is 247 g/mol. The summed E-state index contributed by atoms with van der Waals surface area (Å²) in [6, 6.07) is 0. The van der Waals surface area contributed by atoms with E-state index in [0.717, 1.165) is 0 Å². The first-order valence-electron chi connectivity index (χ1n) is 5.79. The lowest BCUT2D eigenvalue weighted by Crippen LogP contribution is -2.52. The van der Waals surface area contributed by atoms with Gasteiger partial charge in [-0.3, -0.25) is 0 Å². The molecule has 0 amide bonds. The Balaban J connectivity index is 4.93. The van der Waals surface area contributed by atoms with Gasteiger partial charge in [0.25, 0.3) is 6.29 Å². The summed E-state index contributed by atoms with van der Waals surface area (Å²) in [6.07, 6.45) is 0.393. The van der Waals surface area contributed by atoms with Gasteiger partial charge in [0.05, 0.1) is 12.9 Å². The van der Waals surface area contributed by atoms with Crippen LogP contribution in [0.25, 0.3) is 0 Å². The molecule has 1 radical (unpaired) electrons. The molecule has 0 aromatic heterocycles. The fourth-order valence-electron chi connectivity index (χ4n) is 1.35. The van der Waals surface area contributed by atoms with Crippen molar-refractivity contribution >= 4 is 0 Å². The minimum atomic E-state index is -1.38. The second-order valence-corrected chi connectivity index (χ2v) is 2.91. The summed E-state index contributed by atoms with van der Waals surface area (Å²) in [5.74, 6) is -1.38. The molecule has 0 heterocycles. The minimum absolute atomic E-state index is 0.202. The van der Waals surface area contributed by atoms with Crippen molar-refractivity contribution in [3.8, 4) is 0 Å². The van der Waals surface area contributed by atoms with Gasteiger partial charge in [-0.25, -0.2) is 0 Å². The van der Waals surface area contributed by atoms with Crippen LogP contribution in [0.4, 0.5) is 0 Å². The predicted molar refractivity (Wildman–Crippen MR) is 64.0 cm³/mol. The third-order valence-corrected chi connectivity index (χ3v) is 1.81. The van der Waals surface area contributed by atoms with Gasteiger partial charge in [-0.2, -0.15) is 0 Å². The molecule has 101 valence electrons. The molecule has 0 rings (SSSR count). The van der Waals surface area contributed by atoms with Crippen LogP contribution >= 0.6 is 0 Å². The van der Waals surface area contributed by atoms with E-state index in [1.807, 2.05) is 20.8 Å². The Morgan fingerprint density at radius 2 is 1.53 bits per heavy atom. The molecule has 0 N–H and O–H groups in total. The maximum Gasteiger partial charge on any atom is 0.349 e. The van der Waals surface area contributed by atoms with Crippen LogP contribution in [0.15, 0.2) is 12.8 Å². The summed E-state index contributed by atoms with van der Waals surface area (Å²) in [5, 5.41) is 0. The molecule has 1 unspecified atom stereocenters. The lowest BCUT2D eigenvalue weighted by Gasteiger charge is -2.36. The Morgan fingerprint density at radius 1 is 1.06 bits per heavy atom. The van der Waals surface area contributed by atoms with E-state index in [-0.39, 0.29) is 6.61 Å². The van der Waals surface area contributed by atoms with Crippen molar-refractivity contribution in [3.05, 3.63) is 19.8 Å². The topological polar surface area (TPSA) is 46.2 Å². The molecule has 5 nitrogen and oxygen atoms in total. The molecule has 0 spiro atoms. The zero-order valence-corrected chi connectivity index (χ0v) is 10.9. The number of hydrogen-bond acceptors (Lipinski definition) is 5. The molecule has 0 fully saturated rings. The van der Waals surface area contributed by atoms with Gasteiger partial charge in [0.2, 0.25) is 0 Å². The summed E-state index contributed by atoms with van der Waals surface area (Å²) in [7, 11) is 0. The highest BCUT2D eigenvalue weighted by molar-refractivity contribution is 4.67. The van der Waals surface area contributed by atoms with E-state index in [0.29, 0.717) is 19.8 Å². The molecular formula is C12H23O5. The van der Waals surface area contributed by atoms with E-state index in [2.05, 4.69) is 13.5 Å². The molecule has 0 aliphatic carbocycles. The third-order valence-electron chi connectivity index (χ3n) is 1.81. The van der Waals surface area contributed by atoms with E-state index in [4.69, 9.17) is 23.7 Å². The van der Waals surface area contributed by atoms with Crippen LogP contribution < -0.4 is 0 Å². The van der Waals surface area contributed by atoms with Crippen LogP contribution in [0.3, 0.4) is 0 Å². The van der Waals surface area contributed by atoms with Gasteiger partial charge in [0, 0.05) is 19.8 Å². The van der Waals surface area contributed by atoms with Crippen LogP contribution in [0.5, 0.6) is 0 Å². The first-order chi connectivity index (χ1) is 8.20. The van der Waals surface area contributed by atoms with Crippen molar-refractivity contribution in [1.82, 2.24) is 0 Å². The highest BCUT2D eigenvalue weighted by Gasteiger charge is 2.45. The quantitative estimate of drug-likeness (QED) is 0.413. The normalized spacial score (nSPS) is 13.4. The molecule has 0 saturated heterocycles. The summed E-state index contributed by atoms with van der Waals surface area (Å²) in [5.41, 5.74) is 0. The highest BCUT2D eigenvalue weighted by atomic mass is 16.9. The molecule has 17 heavy (non-hydrogen) atoms. The summed E-state index contributed by atoms with van der Waals surface area (Å²) < 4.78 is 27.1. The highest BCUT2D eigenvalue weighted by Crippen LogP contribution is 2.24. The van der Waals surface area contributed by atoms with Gasteiger partial charge in [0.1, 0.15) is 0 Å². The second-order valence-electron chi connectivity index (χ2n) is 2.91. The van der Waals surface area contributed by atoms with Gasteiger partial charge >= 0.3 is 5.97 Å². The van der Waals surface area contributed by atoms with E-state index in [1.54, 1.807) is 0 Å². The Morgan fingerprint density at radius 3 is 1.82 bits per heavy atom. The lowest BCUT2D eigenvalue weighted by molar-refractivity contribution is -0.446. The smallest absolute Gasteiger partial charge is 0.349 e. The SMILES string of the molecule is [CH2]COC(OC=C)C(OCC)(OCC)OCC. The van der Waals surface area contributed by atoms with E-state index in [1.165, 1.54) is 6.26 Å². The third kappa shape index (κ3) is 5.04. The lowest BCUT2D eigenvalue weighted by atomic mass is 10.5. The van der Waals surface area contributed by atoms with Gasteiger partial charge in [-0.05, 0) is 27.7 Å². The maximum atomic E-state index is 5.51. The first kappa shape index (κ1) is 16.4. The standard InChI is InChI=1S/C12H23O5/c1-6-13-11(14-7-2)12(15-8-3,16-9-4)17-10-5/h6,11H,1-2,7-10H2,3-5H3. The number of rotatable bonds is 11. The molecule has 0 aromatic rings. The first-order valence-corrected chi connectivity index (χ1v) is 5.79. The maximum absolute atomic E-state index is 5.51. The Bertz CT molecular complexity index is 178. The van der Waals surface area contributed by atoms with Gasteiger partial charge < -0.3 is 23.7 Å². The molecule has 1 atom stereocenters. The monoisotopic (exact) mass is 247 g/mol. The van der Waals surface area contributed by atoms with Crippen molar-refractivity contribution < 1.29 is 23.7 Å². The summed E-state index contributed by atoms with van der Waals surface area (Å²) in [4.78, 5) is 0. The summed E-state index contributed by atoms with van der Waals surface area (Å²) in [6.45, 7) is 14.0. The van der Waals surface area contributed by atoms with Crippen molar-refractivity contribution in [3.63, 3.8) is 0 Å². The van der Waals surface area contributed by atoms with Crippen LogP contribution in [0.1, 0.15) is 20.8 Å². The van der Waals surface area contributed by atoms with E-state index >= 15 is 0 Å². The molecule has 5 heteroatoms. The van der Waals surface area contributed by atoms with Crippen LogP contribution in [0.2, 0.25) is 0 Å². The van der Waals surface area contributed by atoms with Crippen molar-refractivity contribution in [1.29, 1.82) is 0 Å². The van der Waals surface area contributed by atoms with Gasteiger partial charge in [-0.15, -0.1) is 0 Å². The number of hydrogen-bond donors (Lipinski definition) is 0. The predicted octanol–water partition coefficient (Wildman–Crippen LogP) is 2.09. The van der Waals surface area contributed by atoms with Crippen LogP contribution in [-0.4, -0.2) is 38.7 Å². The molecule has 0 aromatic carbocycles. The molecule has 0 aliphatic heterocycles. The van der Waals surface area contributed by atoms with Gasteiger partial charge in [-0.1, -0.05) is 6.58 Å². The van der Waals surface area contributed by atoms with E-state index < -0.39 is 12.3 Å². The number of ether oxygens (including phenoxy) is 5. The molecule has 0 bridgehead atoms. The molecule has 0 aliphatic rings. The van der Waals surface area contributed by atoms with Crippen molar-refractivity contribution in [2.45, 2.75) is 33.0 Å². The second kappa shape index (κ2) is 9.41. The Hall–Kier alpha value is -0.620. The summed E-state index contributed by atoms with van der Waals surface area (Å²) >= 11 is 0. The van der Waals surface area contributed by atoms with Crippen molar-refractivity contribution in [2.24, 2.45) is 0 Å². The zero-order chi connectivity index (χ0) is 13.1. The molecular weight excluding hydrogens is 224 g/mol. The van der Waals surface area contributed by atoms with Crippen LogP contribution in [-0.2, 0) is 23.7 Å². The fourth-order valence-corrected chi connectivity index (χ4v) is 1.35. The Kier molecular flexibility index (Phi) is 9.07. The minimum Gasteiger partial charge on any atom is -0.465 e. The fraction of sp³-hybridized carbons (Fsp3) is 0.750. The Labute approximate surface area is 104 Å². The molecule has 0 saturated carbocycles. The average Bonchev–Trinajstić information content (AvgIpc) is 2.29.